The fourth-order valence-corrected chi connectivity index (χ4v) is 1.59. The molecule has 1 saturated heterocycles. The Morgan fingerprint density at radius 1 is 1.25 bits per heavy atom. The minimum atomic E-state index is -1.17. The molecule has 0 aliphatic carbocycles. The number of halogens is 4. The summed E-state index contributed by atoms with van der Waals surface area (Å²) >= 11 is 0. The van der Waals surface area contributed by atoms with Crippen molar-refractivity contribution in [3.8, 4) is 0 Å². The second-order valence-corrected chi connectivity index (χ2v) is 3.37. The van der Waals surface area contributed by atoms with Crippen LogP contribution in [0.25, 0.3) is 0 Å². The van der Waals surface area contributed by atoms with Gasteiger partial charge in [-0.05, 0) is 6.07 Å². The van der Waals surface area contributed by atoms with E-state index in [1.165, 1.54) is 0 Å². The molecule has 0 aromatic heterocycles. The van der Waals surface area contributed by atoms with E-state index in [0.717, 1.165) is 6.07 Å². The molecular formula is C10H11ClF3NO. The Balaban J connectivity index is 0.00000128. The Kier molecular flexibility index (Phi) is 4.58. The van der Waals surface area contributed by atoms with Crippen molar-refractivity contribution in [2.45, 2.75) is 6.04 Å². The molecule has 6 heteroatoms. The summed E-state index contributed by atoms with van der Waals surface area (Å²) in [7, 11) is 0. The zero-order valence-corrected chi connectivity index (χ0v) is 9.12. The quantitative estimate of drug-likeness (QED) is 0.775. The van der Waals surface area contributed by atoms with Crippen molar-refractivity contribution in [1.82, 2.24) is 5.32 Å². The van der Waals surface area contributed by atoms with Crippen LogP contribution in [0.4, 0.5) is 13.2 Å². The van der Waals surface area contributed by atoms with Crippen LogP contribution >= 0.6 is 12.4 Å². The molecule has 0 unspecified atom stereocenters. The summed E-state index contributed by atoms with van der Waals surface area (Å²) in [4.78, 5) is 0. The standard InChI is InChI=1S/C10H10F3NO.ClH/c11-6-3-7(10(13)8(12)4-6)9-5-15-2-1-14-9;/h3-4,9,14H,1-2,5H2;1H/t9-;/m0./s1. The Morgan fingerprint density at radius 3 is 2.62 bits per heavy atom. The van der Waals surface area contributed by atoms with Crippen LogP contribution in [0.2, 0.25) is 0 Å². The first-order chi connectivity index (χ1) is 7.18. The van der Waals surface area contributed by atoms with Gasteiger partial charge in [0.15, 0.2) is 11.6 Å². The van der Waals surface area contributed by atoms with Gasteiger partial charge in [0.1, 0.15) is 5.82 Å². The predicted octanol–water partition coefficient (Wildman–Crippen LogP) is 2.19. The van der Waals surface area contributed by atoms with Gasteiger partial charge in [0.25, 0.3) is 0 Å². The molecule has 1 fully saturated rings. The Hall–Kier alpha value is -0.780. The average Bonchev–Trinajstić information content (AvgIpc) is 2.24. The molecule has 0 spiro atoms. The van der Waals surface area contributed by atoms with E-state index in [4.69, 9.17) is 4.74 Å². The SMILES string of the molecule is Cl.Fc1cc(F)c(F)c([C@@H]2COCCN2)c1. The number of hydrogen-bond acceptors (Lipinski definition) is 2. The van der Waals surface area contributed by atoms with Crippen LogP contribution in [-0.4, -0.2) is 19.8 Å². The van der Waals surface area contributed by atoms with Crippen molar-refractivity contribution < 1.29 is 17.9 Å². The molecule has 1 aliphatic rings. The minimum Gasteiger partial charge on any atom is -0.378 e. The Bertz CT molecular complexity index is 369. The molecule has 16 heavy (non-hydrogen) atoms. The highest BCUT2D eigenvalue weighted by Gasteiger charge is 2.21. The molecule has 1 atom stereocenters. The van der Waals surface area contributed by atoms with Gasteiger partial charge in [-0.15, -0.1) is 12.4 Å². The highest BCUT2D eigenvalue weighted by molar-refractivity contribution is 5.85. The average molecular weight is 254 g/mol. The molecular weight excluding hydrogens is 243 g/mol. The van der Waals surface area contributed by atoms with E-state index in [2.05, 4.69) is 5.32 Å². The van der Waals surface area contributed by atoms with Crippen molar-refractivity contribution in [3.05, 3.63) is 35.1 Å². The summed E-state index contributed by atoms with van der Waals surface area (Å²) in [5.74, 6) is -2.96. The third kappa shape index (κ3) is 2.66. The molecule has 0 bridgehead atoms. The van der Waals surface area contributed by atoms with E-state index >= 15 is 0 Å². The van der Waals surface area contributed by atoms with Gasteiger partial charge in [0.2, 0.25) is 0 Å². The summed E-state index contributed by atoms with van der Waals surface area (Å²) in [6.07, 6.45) is 0. The number of ether oxygens (including phenoxy) is 1. The Morgan fingerprint density at radius 2 is 2.00 bits per heavy atom. The molecule has 0 saturated carbocycles. The van der Waals surface area contributed by atoms with E-state index in [-0.39, 0.29) is 24.6 Å². The van der Waals surface area contributed by atoms with Crippen LogP contribution in [0.1, 0.15) is 11.6 Å². The number of rotatable bonds is 1. The van der Waals surface area contributed by atoms with Crippen LogP contribution in [0.5, 0.6) is 0 Å². The first-order valence-corrected chi connectivity index (χ1v) is 4.64. The van der Waals surface area contributed by atoms with Crippen LogP contribution in [-0.2, 0) is 4.74 Å². The van der Waals surface area contributed by atoms with Gasteiger partial charge in [0.05, 0.1) is 19.3 Å². The first-order valence-electron chi connectivity index (χ1n) is 4.64. The lowest BCUT2D eigenvalue weighted by molar-refractivity contribution is 0.0754. The van der Waals surface area contributed by atoms with Crippen molar-refractivity contribution in [2.75, 3.05) is 19.8 Å². The molecule has 1 aromatic carbocycles. The van der Waals surface area contributed by atoms with E-state index in [1.807, 2.05) is 0 Å². The monoisotopic (exact) mass is 253 g/mol. The zero-order chi connectivity index (χ0) is 10.8. The Labute approximate surface area is 97.2 Å². The molecule has 2 nitrogen and oxygen atoms in total. The van der Waals surface area contributed by atoms with Gasteiger partial charge in [-0.1, -0.05) is 0 Å². The fraction of sp³-hybridized carbons (Fsp3) is 0.400. The molecule has 1 aliphatic heterocycles. The second-order valence-electron chi connectivity index (χ2n) is 3.37. The molecule has 2 rings (SSSR count). The summed E-state index contributed by atoms with van der Waals surface area (Å²) in [5.41, 5.74) is -0.0211. The molecule has 0 radical (unpaired) electrons. The van der Waals surface area contributed by atoms with E-state index in [1.54, 1.807) is 0 Å². The fourth-order valence-electron chi connectivity index (χ4n) is 1.59. The lowest BCUT2D eigenvalue weighted by Crippen LogP contribution is -2.35. The van der Waals surface area contributed by atoms with Crippen molar-refractivity contribution >= 4 is 12.4 Å². The lowest BCUT2D eigenvalue weighted by atomic mass is 10.1. The third-order valence-electron chi connectivity index (χ3n) is 2.32. The van der Waals surface area contributed by atoms with Crippen LogP contribution in [0, 0.1) is 17.5 Å². The summed E-state index contributed by atoms with van der Waals surface area (Å²) in [6, 6.07) is 1.04. The number of morpholine rings is 1. The predicted molar refractivity (Wildman–Crippen MR) is 55.1 cm³/mol. The van der Waals surface area contributed by atoms with Crippen molar-refractivity contribution in [1.29, 1.82) is 0 Å². The smallest absolute Gasteiger partial charge is 0.163 e. The molecule has 0 amide bonds. The van der Waals surface area contributed by atoms with Crippen molar-refractivity contribution in [2.24, 2.45) is 0 Å². The van der Waals surface area contributed by atoms with E-state index in [0.29, 0.717) is 19.2 Å². The van der Waals surface area contributed by atoms with Gasteiger partial charge >= 0.3 is 0 Å². The summed E-state index contributed by atoms with van der Waals surface area (Å²) in [5, 5.41) is 2.93. The third-order valence-corrected chi connectivity index (χ3v) is 2.32. The van der Waals surface area contributed by atoms with E-state index < -0.39 is 23.5 Å². The number of nitrogens with one attached hydrogen (secondary N) is 1. The topological polar surface area (TPSA) is 21.3 Å². The largest absolute Gasteiger partial charge is 0.378 e. The van der Waals surface area contributed by atoms with Gasteiger partial charge in [0, 0.05) is 18.2 Å². The van der Waals surface area contributed by atoms with Gasteiger partial charge in [-0.25, -0.2) is 13.2 Å². The minimum absolute atomic E-state index is 0. The summed E-state index contributed by atoms with van der Waals surface area (Å²) < 4.78 is 44.2. The lowest BCUT2D eigenvalue weighted by Gasteiger charge is -2.24. The maximum Gasteiger partial charge on any atom is 0.163 e. The molecule has 1 N–H and O–H groups in total. The number of hydrogen-bond donors (Lipinski definition) is 1. The molecule has 1 aromatic rings. The maximum atomic E-state index is 13.3. The normalized spacial score (nSPS) is 20.3. The second kappa shape index (κ2) is 5.52. The van der Waals surface area contributed by atoms with E-state index in [9.17, 15) is 13.2 Å². The van der Waals surface area contributed by atoms with Gasteiger partial charge in [-0.2, -0.15) is 0 Å². The zero-order valence-electron chi connectivity index (χ0n) is 8.30. The van der Waals surface area contributed by atoms with Gasteiger partial charge in [-0.3, -0.25) is 0 Å². The maximum absolute atomic E-state index is 13.3. The van der Waals surface area contributed by atoms with Gasteiger partial charge < -0.3 is 10.1 Å². The molecule has 90 valence electrons. The molecule has 1 heterocycles. The van der Waals surface area contributed by atoms with Crippen LogP contribution in [0.3, 0.4) is 0 Å². The van der Waals surface area contributed by atoms with Crippen LogP contribution in [0.15, 0.2) is 12.1 Å². The highest BCUT2D eigenvalue weighted by atomic mass is 35.5. The summed E-state index contributed by atoms with van der Waals surface area (Å²) in [6.45, 7) is 1.29. The number of benzene rings is 1. The van der Waals surface area contributed by atoms with Crippen LogP contribution < -0.4 is 5.32 Å². The van der Waals surface area contributed by atoms with Crippen molar-refractivity contribution in [3.63, 3.8) is 0 Å². The first kappa shape index (κ1) is 13.3. The highest BCUT2D eigenvalue weighted by Crippen LogP contribution is 2.22.